The van der Waals surface area contributed by atoms with E-state index in [1.807, 2.05) is 13.0 Å². The first kappa shape index (κ1) is 11.3. The van der Waals surface area contributed by atoms with Crippen LogP contribution in [0.1, 0.15) is 17.2 Å². The van der Waals surface area contributed by atoms with E-state index in [2.05, 4.69) is 4.98 Å². The first-order chi connectivity index (χ1) is 7.68. The second-order valence-electron chi connectivity index (χ2n) is 4.00. The topological polar surface area (TPSA) is 83.4 Å². The molecule has 5 nitrogen and oxygen atoms in total. The maximum Gasteiger partial charge on any atom is 0.128 e. The number of rotatable bonds is 2. The van der Waals surface area contributed by atoms with Crippen LogP contribution >= 0.6 is 0 Å². The largest absolute Gasteiger partial charge is 0.383 e. The third kappa shape index (κ3) is 2.32. The Labute approximate surface area is 94.7 Å². The molecule has 0 aromatic carbocycles. The van der Waals surface area contributed by atoms with Crippen LogP contribution in [0.5, 0.6) is 0 Å². The Morgan fingerprint density at radius 2 is 2.31 bits per heavy atom. The number of ether oxygens (including phenoxy) is 2. The van der Waals surface area contributed by atoms with Gasteiger partial charge in [-0.2, -0.15) is 0 Å². The van der Waals surface area contributed by atoms with Crippen molar-refractivity contribution in [2.45, 2.75) is 19.1 Å². The number of nitrogens with two attached hydrogens (primary N) is 2. The van der Waals surface area contributed by atoms with Crippen molar-refractivity contribution in [3.63, 3.8) is 0 Å². The van der Waals surface area contributed by atoms with Crippen molar-refractivity contribution in [2.75, 3.05) is 25.6 Å². The monoisotopic (exact) mass is 223 g/mol. The summed E-state index contributed by atoms with van der Waals surface area (Å²) in [5.74, 6) is 0.465. The number of hydrogen-bond acceptors (Lipinski definition) is 5. The van der Waals surface area contributed by atoms with Gasteiger partial charge >= 0.3 is 0 Å². The fraction of sp³-hybridized carbons (Fsp3) is 0.545. The molecule has 16 heavy (non-hydrogen) atoms. The molecule has 4 N–H and O–H groups in total. The Morgan fingerprint density at radius 3 is 3.00 bits per heavy atom. The van der Waals surface area contributed by atoms with Gasteiger partial charge in [-0.1, -0.05) is 0 Å². The van der Waals surface area contributed by atoms with E-state index in [4.69, 9.17) is 20.9 Å². The van der Waals surface area contributed by atoms with Gasteiger partial charge in [0.05, 0.1) is 25.9 Å². The molecule has 2 atom stereocenters. The van der Waals surface area contributed by atoms with Crippen LogP contribution in [0.25, 0.3) is 0 Å². The van der Waals surface area contributed by atoms with Crippen molar-refractivity contribution in [2.24, 2.45) is 5.73 Å². The lowest BCUT2D eigenvalue weighted by atomic mass is 10.0. The summed E-state index contributed by atoms with van der Waals surface area (Å²) in [6.07, 6.45) is 1.59. The molecule has 1 aliphatic heterocycles. The fourth-order valence-corrected chi connectivity index (χ4v) is 1.78. The molecule has 0 aliphatic carbocycles. The van der Waals surface area contributed by atoms with E-state index in [-0.39, 0.29) is 12.1 Å². The van der Waals surface area contributed by atoms with Gasteiger partial charge < -0.3 is 20.9 Å². The number of hydrogen-bond donors (Lipinski definition) is 2. The molecule has 0 bridgehead atoms. The highest BCUT2D eigenvalue weighted by molar-refractivity contribution is 5.43. The first-order valence-electron chi connectivity index (χ1n) is 5.35. The molecule has 0 amide bonds. The SMILES string of the molecule is Cc1cnc(N)c(C(N)C2COCCO2)c1. The van der Waals surface area contributed by atoms with E-state index in [1.165, 1.54) is 0 Å². The Kier molecular flexibility index (Phi) is 3.38. The minimum absolute atomic E-state index is 0.139. The van der Waals surface area contributed by atoms with Crippen molar-refractivity contribution in [3.8, 4) is 0 Å². The molecule has 0 spiro atoms. The van der Waals surface area contributed by atoms with Gasteiger partial charge in [0, 0.05) is 11.8 Å². The zero-order valence-electron chi connectivity index (χ0n) is 9.35. The van der Waals surface area contributed by atoms with Gasteiger partial charge in [-0.15, -0.1) is 0 Å². The van der Waals surface area contributed by atoms with E-state index >= 15 is 0 Å². The molecular formula is C11H17N3O2. The third-order valence-corrected chi connectivity index (χ3v) is 2.69. The second-order valence-corrected chi connectivity index (χ2v) is 4.00. The van der Waals surface area contributed by atoms with Crippen LogP contribution in [0, 0.1) is 6.92 Å². The maximum absolute atomic E-state index is 6.11. The van der Waals surface area contributed by atoms with Gasteiger partial charge in [0.2, 0.25) is 0 Å². The summed E-state index contributed by atoms with van der Waals surface area (Å²) < 4.78 is 10.9. The molecule has 2 rings (SSSR count). The predicted octanol–water partition coefficient (Wildman–Crippen LogP) is 0.387. The predicted molar refractivity (Wildman–Crippen MR) is 60.9 cm³/mol. The summed E-state index contributed by atoms with van der Waals surface area (Å²) in [5, 5.41) is 0. The van der Waals surface area contributed by atoms with Crippen molar-refractivity contribution in [1.29, 1.82) is 0 Å². The molecule has 1 saturated heterocycles. The zero-order chi connectivity index (χ0) is 11.5. The molecule has 1 aliphatic rings. The van der Waals surface area contributed by atoms with Crippen LogP contribution in [0.2, 0.25) is 0 Å². The van der Waals surface area contributed by atoms with E-state index in [0.717, 1.165) is 11.1 Å². The summed E-state index contributed by atoms with van der Waals surface area (Å²) in [5.41, 5.74) is 13.8. The van der Waals surface area contributed by atoms with Crippen molar-refractivity contribution in [3.05, 3.63) is 23.4 Å². The van der Waals surface area contributed by atoms with Crippen LogP contribution in [0.4, 0.5) is 5.82 Å². The average Bonchev–Trinajstić information content (AvgIpc) is 2.32. The first-order valence-corrected chi connectivity index (χ1v) is 5.35. The normalized spacial score (nSPS) is 23.0. The van der Waals surface area contributed by atoms with Crippen molar-refractivity contribution >= 4 is 5.82 Å². The molecule has 1 aromatic heterocycles. The minimum atomic E-state index is -0.285. The lowest BCUT2D eigenvalue weighted by molar-refractivity contribution is -0.0975. The number of anilines is 1. The Balaban J connectivity index is 2.18. The van der Waals surface area contributed by atoms with Crippen LogP contribution in [-0.2, 0) is 9.47 Å². The van der Waals surface area contributed by atoms with Gasteiger partial charge in [-0.05, 0) is 18.6 Å². The van der Waals surface area contributed by atoms with E-state index in [0.29, 0.717) is 25.6 Å². The summed E-state index contributed by atoms with van der Waals surface area (Å²) >= 11 is 0. The van der Waals surface area contributed by atoms with Crippen LogP contribution in [0.3, 0.4) is 0 Å². The number of aromatic nitrogens is 1. The fourth-order valence-electron chi connectivity index (χ4n) is 1.78. The highest BCUT2D eigenvalue weighted by Crippen LogP contribution is 2.23. The number of pyridine rings is 1. The number of nitrogens with zero attached hydrogens (tertiary/aromatic N) is 1. The molecule has 5 heteroatoms. The molecule has 2 unspecified atom stereocenters. The highest BCUT2D eigenvalue weighted by atomic mass is 16.6. The van der Waals surface area contributed by atoms with E-state index in [1.54, 1.807) is 6.20 Å². The molecule has 0 saturated carbocycles. The highest BCUT2D eigenvalue weighted by Gasteiger charge is 2.25. The average molecular weight is 223 g/mol. The third-order valence-electron chi connectivity index (χ3n) is 2.69. The van der Waals surface area contributed by atoms with E-state index < -0.39 is 0 Å². The molecular weight excluding hydrogens is 206 g/mol. The lowest BCUT2D eigenvalue weighted by Crippen LogP contribution is -2.38. The van der Waals surface area contributed by atoms with Crippen LogP contribution < -0.4 is 11.5 Å². The standard InChI is InChI=1S/C11H17N3O2/c1-7-4-8(11(13)14-5-7)10(12)9-6-15-2-3-16-9/h4-5,9-10H,2-3,6,12H2,1H3,(H2,13,14). The summed E-state index contributed by atoms with van der Waals surface area (Å²) in [6.45, 7) is 3.68. The molecule has 88 valence electrons. The van der Waals surface area contributed by atoms with Crippen molar-refractivity contribution in [1.82, 2.24) is 4.98 Å². The molecule has 1 aromatic rings. The maximum atomic E-state index is 6.11. The Bertz CT molecular complexity index is 364. The summed E-state index contributed by atoms with van der Waals surface area (Å²) in [6, 6.07) is 1.66. The second kappa shape index (κ2) is 4.78. The summed E-state index contributed by atoms with van der Waals surface area (Å²) in [7, 11) is 0. The van der Waals surface area contributed by atoms with Gasteiger partial charge in [-0.3, -0.25) is 0 Å². The van der Waals surface area contributed by atoms with Crippen molar-refractivity contribution < 1.29 is 9.47 Å². The Morgan fingerprint density at radius 1 is 1.50 bits per heavy atom. The quantitative estimate of drug-likeness (QED) is 0.757. The molecule has 1 fully saturated rings. The van der Waals surface area contributed by atoms with Gasteiger partial charge in [-0.25, -0.2) is 4.98 Å². The lowest BCUT2D eigenvalue weighted by Gasteiger charge is -2.28. The van der Waals surface area contributed by atoms with Gasteiger partial charge in [0.15, 0.2) is 0 Å². The number of nitrogen functional groups attached to an aromatic ring is 1. The van der Waals surface area contributed by atoms with Gasteiger partial charge in [0.1, 0.15) is 11.9 Å². The van der Waals surface area contributed by atoms with E-state index in [9.17, 15) is 0 Å². The van der Waals surface area contributed by atoms with Crippen LogP contribution in [-0.4, -0.2) is 30.9 Å². The number of aryl methyl sites for hydroxylation is 1. The minimum Gasteiger partial charge on any atom is -0.383 e. The van der Waals surface area contributed by atoms with Gasteiger partial charge in [0.25, 0.3) is 0 Å². The smallest absolute Gasteiger partial charge is 0.128 e. The Hall–Kier alpha value is -1.17. The zero-order valence-corrected chi connectivity index (χ0v) is 9.35. The summed E-state index contributed by atoms with van der Waals surface area (Å²) in [4.78, 5) is 4.10. The molecule has 0 radical (unpaired) electrons. The molecule has 2 heterocycles. The van der Waals surface area contributed by atoms with Crippen LogP contribution in [0.15, 0.2) is 12.3 Å².